The van der Waals surface area contributed by atoms with Gasteiger partial charge in [0.05, 0.1) is 43.4 Å². The summed E-state index contributed by atoms with van der Waals surface area (Å²) in [5.74, 6) is 1.21. The molecule has 0 spiro atoms. The van der Waals surface area contributed by atoms with E-state index in [1.807, 2.05) is 18.2 Å². The molecular weight excluding hydrogens is 304 g/mol. The van der Waals surface area contributed by atoms with Crippen molar-refractivity contribution in [2.45, 2.75) is 0 Å². The third kappa shape index (κ3) is 3.40. The standard InChI is InChI=1S/C15H17ClN4O2/c1-21-14-8-12(20-4-6-22-7-5-20)2-3-13(14)19-15-17-9-11(16)10-18-15/h2-3,8-10H,4-7H2,1H3,(H,17,18,19). The highest BCUT2D eigenvalue weighted by Gasteiger charge is 2.14. The molecule has 2 heterocycles. The number of morpholine rings is 1. The van der Waals surface area contributed by atoms with Crippen molar-refractivity contribution < 1.29 is 9.47 Å². The van der Waals surface area contributed by atoms with Crippen molar-refractivity contribution >= 4 is 28.9 Å². The lowest BCUT2D eigenvalue weighted by Gasteiger charge is -2.29. The summed E-state index contributed by atoms with van der Waals surface area (Å²) in [4.78, 5) is 10.5. The van der Waals surface area contributed by atoms with E-state index in [1.165, 1.54) is 0 Å². The van der Waals surface area contributed by atoms with Gasteiger partial charge < -0.3 is 19.7 Å². The van der Waals surface area contributed by atoms with Gasteiger partial charge in [0.2, 0.25) is 5.95 Å². The number of aromatic nitrogens is 2. The minimum atomic E-state index is 0.474. The number of anilines is 3. The van der Waals surface area contributed by atoms with Crippen molar-refractivity contribution in [1.29, 1.82) is 0 Å². The van der Waals surface area contributed by atoms with Gasteiger partial charge in [-0.2, -0.15) is 0 Å². The van der Waals surface area contributed by atoms with Crippen LogP contribution < -0.4 is 15.0 Å². The quantitative estimate of drug-likeness (QED) is 0.934. The molecule has 2 aromatic rings. The largest absolute Gasteiger partial charge is 0.494 e. The number of hydrogen-bond donors (Lipinski definition) is 1. The molecule has 1 N–H and O–H groups in total. The predicted molar refractivity (Wildman–Crippen MR) is 86.4 cm³/mol. The Kier molecular flexibility index (Phi) is 4.60. The Morgan fingerprint density at radius 2 is 1.95 bits per heavy atom. The fourth-order valence-corrected chi connectivity index (χ4v) is 2.40. The number of benzene rings is 1. The van der Waals surface area contributed by atoms with Crippen molar-refractivity contribution in [2.75, 3.05) is 43.6 Å². The van der Waals surface area contributed by atoms with Crippen LogP contribution in [0.15, 0.2) is 30.6 Å². The Hall–Kier alpha value is -2.05. The average molecular weight is 321 g/mol. The van der Waals surface area contributed by atoms with Crippen molar-refractivity contribution in [3.05, 3.63) is 35.6 Å². The maximum absolute atomic E-state index is 5.79. The molecule has 0 saturated carbocycles. The number of methoxy groups -OCH3 is 1. The topological polar surface area (TPSA) is 59.5 Å². The van der Waals surface area contributed by atoms with Crippen LogP contribution in [0.4, 0.5) is 17.3 Å². The maximum atomic E-state index is 5.79. The zero-order valence-corrected chi connectivity index (χ0v) is 13.0. The van der Waals surface area contributed by atoms with Gasteiger partial charge in [0.25, 0.3) is 0 Å². The third-order valence-electron chi connectivity index (χ3n) is 3.43. The molecule has 116 valence electrons. The Bertz CT molecular complexity index is 630. The number of ether oxygens (including phenoxy) is 2. The van der Waals surface area contributed by atoms with Crippen molar-refractivity contribution in [3.8, 4) is 5.75 Å². The van der Waals surface area contributed by atoms with Gasteiger partial charge in [-0.15, -0.1) is 0 Å². The molecule has 22 heavy (non-hydrogen) atoms. The van der Waals surface area contributed by atoms with Crippen LogP contribution in [0.25, 0.3) is 0 Å². The predicted octanol–water partition coefficient (Wildman–Crippen LogP) is 2.72. The van der Waals surface area contributed by atoms with E-state index >= 15 is 0 Å². The SMILES string of the molecule is COc1cc(N2CCOCC2)ccc1Nc1ncc(Cl)cn1. The van der Waals surface area contributed by atoms with Crippen LogP contribution in [0.5, 0.6) is 5.75 Å². The van der Waals surface area contributed by atoms with Crippen molar-refractivity contribution in [1.82, 2.24) is 9.97 Å². The first-order valence-corrected chi connectivity index (χ1v) is 7.39. The molecule has 1 aromatic heterocycles. The molecule has 1 saturated heterocycles. The number of nitrogens with zero attached hydrogens (tertiary/aromatic N) is 3. The normalized spacial score (nSPS) is 14.7. The summed E-state index contributed by atoms with van der Waals surface area (Å²) in [5, 5.41) is 3.63. The van der Waals surface area contributed by atoms with Gasteiger partial charge in [-0.05, 0) is 12.1 Å². The molecule has 7 heteroatoms. The Balaban J connectivity index is 1.80. The Morgan fingerprint density at radius 1 is 1.23 bits per heavy atom. The molecule has 0 amide bonds. The zero-order chi connectivity index (χ0) is 15.4. The molecule has 3 rings (SSSR count). The van der Waals surface area contributed by atoms with Gasteiger partial charge in [-0.25, -0.2) is 9.97 Å². The fraction of sp³-hybridized carbons (Fsp3) is 0.333. The van der Waals surface area contributed by atoms with Gasteiger partial charge in [-0.3, -0.25) is 0 Å². The van der Waals surface area contributed by atoms with Crippen LogP contribution in [-0.2, 0) is 4.74 Å². The highest BCUT2D eigenvalue weighted by Crippen LogP contribution is 2.31. The summed E-state index contributed by atoms with van der Waals surface area (Å²) in [6.45, 7) is 3.27. The summed E-state index contributed by atoms with van der Waals surface area (Å²) in [5.41, 5.74) is 1.92. The van der Waals surface area contributed by atoms with Gasteiger partial charge in [-0.1, -0.05) is 11.6 Å². The molecular formula is C15H17ClN4O2. The lowest BCUT2D eigenvalue weighted by molar-refractivity contribution is 0.122. The molecule has 1 aliphatic heterocycles. The Morgan fingerprint density at radius 3 is 2.64 bits per heavy atom. The summed E-state index contributed by atoms with van der Waals surface area (Å²) in [6.07, 6.45) is 3.09. The van der Waals surface area contributed by atoms with Crippen LogP contribution in [-0.4, -0.2) is 43.4 Å². The summed E-state index contributed by atoms with van der Waals surface area (Å²) in [6, 6.07) is 6.01. The molecule has 6 nitrogen and oxygen atoms in total. The van der Waals surface area contributed by atoms with Crippen molar-refractivity contribution in [3.63, 3.8) is 0 Å². The molecule has 0 unspecified atom stereocenters. The van der Waals surface area contributed by atoms with Crippen molar-refractivity contribution in [2.24, 2.45) is 0 Å². The van der Waals surface area contributed by atoms with Crippen LogP contribution in [0.2, 0.25) is 5.02 Å². The molecule has 0 atom stereocenters. The number of halogens is 1. The first kappa shape index (κ1) is 14.9. The first-order valence-electron chi connectivity index (χ1n) is 7.01. The third-order valence-corrected chi connectivity index (χ3v) is 3.62. The van der Waals surface area contributed by atoms with E-state index in [0.29, 0.717) is 11.0 Å². The van der Waals surface area contributed by atoms with E-state index in [0.717, 1.165) is 43.4 Å². The van der Waals surface area contributed by atoms with Crippen LogP contribution >= 0.6 is 11.6 Å². The van der Waals surface area contributed by atoms with E-state index in [4.69, 9.17) is 21.1 Å². The Labute approximate surface area is 134 Å². The molecule has 1 aliphatic rings. The molecule has 0 aliphatic carbocycles. The first-order chi connectivity index (χ1) is 10.8. The van der Waals surface area contributed by atoms with Gasteiger partial charge in [0, 0.05) is 24.8 Å². The van der Waals surface area contributed by atoms with Crippen LogP contribution in [0.1, 0.15) is 0 Å². The smallest absolute Gasteiger partial charge is 0.227 e. The molecule has 1 fully saturated rings. The van der Waals surface area contributed by atoms with Gasteiger partial charge in [0.15, 0.2) is 0 Å². The van der Waals surface area contributed by atoms with E-state index in [9.17, 15) is 0 Å². The lowest BCUT2D eigenvalue weighted by atomic mass is 10.2. The minimum Gasteiger partial charge on any atom is -0.494 e. The van der Waals surface area contributed by atoms with E-state index < -0.39 is 0 Å². The fourth-order valence-electron chi connectivity index (χ4n) is 2.30. The number of hydrogen-bond acceptors (Lipinski definition) is 6. The second-order valence-electron chi connectivity index (χ2n) is 4.83. The van der Waals surface area contributed by atoms with Crippen LogP contribution in [0, 0.1) is 0 Å². The summed E-state index contributed by atoms with van der Waals surface area (Å²) >= 11 is 5.79. The van der Waals surface area contributed by atoms with E-state index in [-0.39, 0.29) is 0 Å². The second-order valence-corrected chi connectivity index (χ2v) is 5.27. The lowest BCUT2D eigenvalue weighted by Crippen LogP contribution is -2.36. The maximum Gasteiger partial charge on any atom is 0.227 e. The second kappa shape index (κ2) is 6.81. The zero-order valence-electron chi connectivity index (χ0n) is 12.3. The molecule has 0 radical (unpaired) electrons. The van der Waals surface area contributed by atoms with E-state index in [1.54, 1.807) is 19.5 Å². The number of nitrogens with one attached hydrogen (secondary N) is 1. The summed E-state index contributed by atoms with van der Waals surface area (Å²) < 4.78 is 10.8. The average Bonchev–Trinajstić information content (AvgIpc) is 2.58. The van der Waals surface area contributed by atoms with E-state index in [2.05, 4.69) is 20.2 Å². The minimum absolute atomic E-state index is 0.474. The van der Waals surface area contributed by atoms with Gasteiger partial charge in [0.1, 0.15) is 5.75 Å². The monoisotopic (exact) mass is 320 g/mol. The molecule has 1 aromatic carbocycles. The molecule has 0 bridgehead atoms. The highest BCUT2D eigenvalue weighted by atomic mass is 35.5. The summed E-state index contributed by atoms with van der Waals surface area (Å²) in [7, 11) is 1.65. The van der Waals surface area contributed by atoms with Gasteiger partial charge >= 0.3 is 0 Å². The highest BCUT2D eigenvalue weighted by molar-refractivity contribution is 6.30. The van der Waals surface area contributed by atoms with Crippen LogP contribution in [0.3, 0.4) is 0 Å². The number of rotatable bonds is 4.